The van der Waals surface area contributed by atoms with Gasteiger partial charge in [-0.3, -0.25) is 0 Å². The summed E-state index contributed by atoms with van der Waals surface area (Å²) in [6.07, 6.45) is 3.22. The molecule has 0 saturated heterocycles. The molecule has 1 aromatic carbocycles. The second-order valence-electron chi connectivity index (χ2n) is 4.44. The molecule has 1 aliphatic rings. The molecule has 2 heterocycles. The van der Waals surface area contributed by atoms with Gasteiger partial charge in [-0.05, 0) is 34.1 Å². The van der Waals surface area contributed by atoms with Crippen LogP contribution in [0, 0.1) is 0 Å². The summed E-state index contributed by atoms with van der Waals surface area (Å²) in [4.78, 5) is 1.47. The maximum Gasteiger partial charge on any atom is 0.0452 e. The fourth-order valence-corrected chi connectivity index (χ4v) is 4.42. The summed E-state index contributed by atoms with van der Waals surface area (Å²) in [5.41, 5.74) is 5.42. The van der Waals surface area contributed by atoms with Crippen molar-refractivity contribution < 1.29 is 0 Å². The van der Waals surface area contributed by atoms with Crippen molar-refractivity contribution in [3.05, 3.63) is 63.0 Å². The van der Waals surface area contributed by atoms with E-state index in [4.69, 9.17) is 0 Å². The van der Waals surface area contributed by atoms with Crippen molar-refractivity contribution in [1.29, 1.82) is 0 Å². The van der Waals surface area contributed by atoms with Crippen LogP contribution in [0.5, 0.6) is 0 Å². The molecule has 0 bridgehead atoms. The van der Waals surface area contributed by atoms with Crippen LogP contribution in [0.3, 0.4) is 0 Å². The highest BCUT2D eigenvalue weighted by atomic mass is 79.9. The number of benzene rings is 1. The molecule has 0 spiro atoms. The van der Waals surface area contributed by atoms with Crippen LogP contribution in [-0.2, 0) is 6.42 Å². The van der Waals surface area contributed by atoms with Gasteiger partial charge in [0, 0.05) is 49.9 Å². The summed E-state index contributed by atoms with van der Waals surface area (Å²) in [5, 5.41) is 2.19. The van der Waals surface area contributed by atoms with Gasteiger partial charge >= 0.3 is 0 Å². The lowest BCUT2D eigenvalue weighted by Gasteiger charge is -2.06. The van der Waals surface area contributed by atoms with E-state index in [-0.39, 0.29) is 0 Å². The molecule has 0 atom stereocenters. The fourth-order valence-electron chi connectivity index (χ4n) is 2.64. The summed E-state index contributed by atoms with van der Waals surface area (Å²) in [5.74, 6) is 0. The number of hydrogen-bond donors (Lipinski definition) is 0. The predicted molar refractivity (Wildman–Crippen MR) is 79.6 cm³/mol. The quantitative estimate of drug-likeness (QED) is 0.472. The second-order valence-corrected chi connectivity index (χ2v) is 6.26. The van der Waals surface area contributed by atoms with Gasteiger partial charge < -0.3 is 4.57 Å². The lowest BCUT2D eigenvalue weighted by Crippen LogP contribution is -1.96. The zero-order valence-electron chi connectivity index (χ0n) is 9.56. The molecule has 4 rings (SSSR count). The van der Waals surface area contributed by atoms with Gasteiger partial charge in [-0.1, -0.05) is 18.2 Å². The van der Waals surface area contributed by atoms with Gasteiger partial charge in [0.15, 0.2) is 0 Å². The molecule has 0 radical (unpaired) electrons. The highest BCUT2D eigenvalue weighted by molar-refractivity contribution is 9.10. The Kier molecular flexibility index (Phi) is 2.26. The van der Waals surface area contributed by atoms with Gasteiger partial charge in [-0.15, -0.1) is 11.3 Å². The van der Waals surface area contributed by atoms with E-state index in [2.05, 4.69) is 68.5 Å². The average molecular weight is 316 g/mol. The Bertz CT molecular complexity index is 724. The fraction of sp³-hybridized carbons (Fsp3) is 0.0667. The number of para-hydroxylation sites is 1. The molecule has 0 fully saturated rings. The van der Waals surface area contributed by atoms with Gasteiger partial charge in [0.25, 0.3) is 0 Å². The average Bonchev–Trinajstić information content (AvgIpc) is 3.03. The first-order chi connectivity index (χ1) is 8.84. The Hall–Kier alpha value is -1.32. The first-order valence-electron chi connectivity index (χ1n) is 5.86. The SMILES string of the molecule is Brc1csc2c1-c1ccn(-c3ccccc3)c1C2. The van der Waals surface area contributed by atoms with E-state index in [1.54, 1.807) is 0 Å². The van der Waals surface area contributed by atoms with E-state index in [0.29, 0.717) is 0 Å². The number of aromatic nitrogens is 1. The molecule has 88 valence electrons. The molecule has 1 nitrogen and oxygen atoms in total. The van der Waals surface area contributed by atoms with E-state index < -0.39 is 0 Å². The molecule has 0 aliphatic heterocycles. The predicted octanol–water partition coefficient (Wildman–Crippen LogP) is 4.87. The molecule has 0 amide bonds. The number of hydrogen-bond acceptors (Lipinski definition) is 1. The van der Waals surface area contributed by atoms with Crippen molar-refractivity contribution in [3.8, 4) is 16.8 Å². The second kappa shape index (κ2) is 3.84. The number of nitrogens with zero attached hydrogens (tertiary/aromatic N) is 1. The van der Waals surface area contributed by atoms with Gasteiger partial charge in [-0.25, -0.2) is 0 Å². The number of rotatable bonds is 1. The van der Waals surface area contributed by atoms with Gasteiger partial charge in [-0.2, -0.15) is 0 Å². The summed E-state index contributed by atoms with van der Waals surface area (Å²) in [6.45, 7) is 0. The van der Waals surface area contributed by atoms with Crippen LogP contribution in [0.2, 0.25) is 0 Å². The molecule has 0 saturated carbocycles. The molecular formula is C15H10BrNS. The summed E-state index contributed by atoms with van der Waals surface area (Å²) in [7, 11) is 0. The first kappa shape index (κ1) is 10.6. The molecule has 2 aromatic heterocycles. The van der Waals surface area contributed by atoms with Crippen LogP contribution >= 0.6 is 27.3 Å². The zero-order valence-corrected chi connectivity index (χ0v) is 12.0. The maximum atomic E-state index is 3.65. The molecule has 1 aliphatic carbocycles. The third-order valence-electron chi connectivity index (χ3n) is 3.45. The van der Waals surface area contributed by atoms with Gasteiger partial charge in [0.1, 0.15) is 0 Å². The van der Waals surface area contributed by atoms with Crippen LogP contribution in [0.1, 0.15) is 10.6 Å². The summed E-state index contributed by atoms with van der Waals surface area (Å²) in [6, 6.07) is 12.8. The van der Waals surface area contributed by atoms with Crippen LogP contribution in [0.15, 0.2) is 52.4 Å². The normalized spacial score (nSPS) is 12.5. The van der Waals surface area contributed by atoms with Crippen molar-refractivity contribution in [2.45, 2.75) is 6.42 Å². The minimum atomic E-state index is 1.04. The summed E-state index contributed by atoms with van der Waals surface area (Å²) >= 11 is 5.50. The van der Waals surface area contributed by atoms with E-state index in [1.807, 2.05) is 11.3 Å². The van der Waals surface area contributed by atoms with Crippen molar-refractivity contribution in [2.24, 2.45) is 0 Å². The third-order valence-corrected chi connectivity index (χ3v) is 5.36. The lowest BCUT2D eigenvalue weighted by atomic mass is 10.2. The Morgan fingerprint density at radius 2 is 1.94 bits per heavy atom. The minimum absolute atomic E-state index is 1.04. The molecule has 0 unspecified atom stereocenters. The standard InChI is InChI=1S/C15H10BrNS/c16-12-9-18-14-8-13-11(15(12)14)6-7-17(13)10-4-2-1-3-5-10/h1-7,9H,8H2. The summed E-state index contributed by atoms with van der Waals surface area (Å²) < 4.78 is 3.53. The highest BCUT2D eigenvalue weighted by Gasteiger charge is 2.25. The molecule has 3 aromatic rings. The largest absolute Gasteiger partial charge is 0.320 e. The van der Waals surface area contributed by atoms with Crippen molar-refractivity contribution >= 4 is 27.3 Å². The van der Waals surface area contributed by atoms with E-state index in [9.17, 15) is 0 Å². The van der Waals surface area contributed by atoms with E-state index in [1.165, 1.54) is 31.9 Å². The Morgan fingerprint density at radius 1 is 1.11 bits per heavy atom. The van der Waals surface area contributed by atoms with Gasteiger partial charge in [0.2, 0.25) is 0 Å². The Morgan fingerprint density at radius 3 is 2.78 bits per heavy atom. The van der Waals surface area contributed by atoms with E-state index >= 15 is 0 Å². The van der Waals surface area contributed by atoms with Gasteiger partial charge in [0.05, 0.1) is 0 Å². The third kappa shape index (κ3) is 1.38. The van der Waals surface area contributed by atoms with Crippen LogP contribution in [0.25, 0.3) is 16.8 Å². The van der Waals surface area contributed by atoms with Crippen LogP contribution < -0.4 is 0 Å². The Balaban J connectivity index is 1.92. The maximum absolute atomic E-state index is 3.65. The number of halogens is 1. The first-order valence-corrected chi connectivity index (χ1v) is 7.54. The smallest absolute Gasteiger partial charge is 0.0452 e. The monoisotopic (exact) mass is 315 g/mol. The minimum Gasteiger partial charge on any atom is -0.320 e. The Labute approximate surface area is 118 Å². The van der Waals surface area contributed by atoms with Crippen molar-refractivity contribution in [1.82, 2.24) is 4.57 Å². The van der Waals surface area contributed by atoms with Crippen LogP contribution in [-0.4, -0.2) is 4.57 Å². The topological polar surface area (TPSA) is 4.93 Å². The molecular weight excluding hydrogens is 306 g/mol. The van der Waals surface area contributed by atoms with E-state index in [0.717, 1.165) is 6.42 Å². The van der Waals surface area contributed by atoms with Crippen molar-refractivity contribution in [3.63, 3.8) is 0 Å². The van der Waals surface area contributed by atoms with Crippen LogP contribution in [0.4, 0.5) is 0 Å². The molecule has 0 N–H and O–H groups in total. The molecule has 18 heavy (non-hydrogen) atoms. The molecule has 3 heteroatoms. The number of thiophene rings is 1. The highest BCUT2D eigenvalue weighted by Crippen LogP contribution is 2.45. The lowest BCUT2D eigenvalue weighted by molar-refractivity contribution is 0.983. The van der Waals surface area contributed by atoms with Crippen molar-refractivity contribution in [2.75, 3.05) is 0 Å². The number of fused-ring (bicyclic) bond motifs is 3. The zero-order chi connectivity index (χ0) is 12.1.